The molecule has 4 rings (SSSR count). The van der Waals surface area contributed by atoms with Crippen LogP contribution >= 0.6 is 0 Å². The quantitative estimate of drug-likeness (QED) is 0.618. The van der Waals surface area contributed by atoms with Gasteiger partial charge in [0.05, 0.1) is 36.8 Å². The summed E-state index contributed by atoms with van der Waals surface area (Å²) in [6.07, 6.45) is 4.90. The molecule has 1 amide bonds. The number of pyridine rings is 1. The Hall–Kier alpha value is -3.30. The monoisotopic (exact) mass is 422 g/mol. The third-order valence-electron chi connectivity index (χ3n) is 5.17. The summed E-state index contributed by atoms with van der Waals surface area (Å²) in [5.41, 5.74) is 1.52. The summed E-state index contributed by atoms with van der Waals surface area (Å²) < 4.78 is 10.9. The van der Waals surface area contributed by atoms with Gasteiger partial charge in [0.15, 0.2) is 0 Å². The third kappa shape index (κ3) is 4.89. The summed E-state index contributed by atoms with van der Waals surface area (Å²) in [6, 6.07) is 9.19. The number of carbonyl (C=O) groups is 1. The molecule has 0 bridgehead atoms. The summed E-state index contributed by atoms with van der Waals surface area (Å²) in [5.74, 6) is 1.10. The number of furan rings is 1. The number of ether oxygens (including phenoxy) is 1. The van der Waals surface area contributed by atoms with Crippen molar-refractivity contribution in [2.45, 2.75) is 6.04 Å². The molecular weight excluding hydrogens is 396 g/mol. The van der Waals surface area contributed by atoms with Gasteiger partial charge >= 0.3 is 0 Å². The highest BCUT2D eigenvalue weighted by Crippen LogP contribution is 2.23. The predicted molar refractivity (Wildman–Crippen MR) is 116 cm³/mol. The number of rotatable bonds is 7. The van der Waals surface area contributed by atoms with E-state index in [0.717, 1.165) is 5.76 Å². The summed E-state index contributed by atoms with van der Waals surface area (Å²) in [4.78, 5) is 30.7. The number of likely N-dealkylation sites (N-methyl/N-ethyl adjacent to an activating group) is 1. The number of nitrogens with zero attached hydrogens (tertiary/aromatic N) is 5. The maximum Gasteiger partial charge on any atom is 0.255 e. The number of morpholine rings is 1. The average molecular weight is 422 g/mol. The molecule has 0 radical (unpaired) electrons. The maximum atomic E-state index is 13.1. The van der Waals surface area contributed by atoms with Gasteiger partial charge in [0.25, 0.3) is 5.91 Å². The Morgan fingerprint density at radius 1 is 1.19 bits per heavy atom. The van der Waals surface area contributed by atoms with Crippen LogP contribution in [0, 0.1) is 0 Å². The van der Waals surface area contributed by atoms with Gasteiger partial charge in [0, 0.05) is 32.0 Å². The van der Waals surface area contributed by atoms with Gasteiger partial charge in [0.2, 0.25) is 5.95 Å². The predicted octanol–water partition coefficient (Wildman–Crippen LogP) is 2.00. The largest absolute Gasteiger partial charge is 0.468 e. The number of anilines is 1. The molecular formula is C22H26N6O3. The van der Waals surface area contributed by atoms with Crippen molar-refractivity contribution in [2.24, 2.45) is 0 Å². The zero-order chi connectivity index (χ0) is 21.6. The Balaban J connectivity index is 1.59. The number of hydrogen-bond acceptors (Lipinski definition) is 8. The van der Waals surface area contributed by atoms with Crippen LogP contribution in [0.1, 0.15) is 22.2 Å². The van der Waals surface area contributed by atoms with Crippen LogP contribution in [-0.4, -0.2) is 72.7 Å². The number of aromatic nitrogens is 3. The van der Waals surface area contributed by atoms with E-state index in [1.54, 1.807) is 18.7 Å². The molecule has 9 nitrogen and oxygen atoms in total. The average Bonchev–Trinajstić information content (AvgIpc) is 3.34. The highest BCUT2D eigenvalue weighted by molar-refractivity contribution is 5.99. The highest BCUT2D eigenvalue weighted by Gasteiger charge is 2.23. The van der Waals surface area contributed by atoms with E-state index < -0.39 is 0 Å². The fraction of sp³-hybridized carbons (Fsp3) is 0.364. The SMILES string of the molecule is CN(C)C(CNC(=O)c1cnc(N2CCOCC2)nc1-c1ccccn1)c1ccco1. The van der Waals surface area contributed by atoms with Crippen molar-refractivity contribution in [3.8, 4) is 11.4 Å². The maximum absolute atomic E-state index is 13.1. The van der Waals surface area contributed by atoms with Gasteiger partial charge in [-0.05, 0) is 38.4 Å². The molecule has 1 unspecified atom stereocenters. The van der Waals surface area contributed by atoms with Crippen LogP contribution in [0.4, 0.5) is 5.95 Å². The van der Waals surface area contributed by atoms with E-state index in [4.69, 9.17) is 14.1 Å². The van der Waals surface area contributed by atoms with Gasteiger partial charge in [-0.2, -0.15) is 0 Å². The molecule has 1 fully saturated rings. The minimum Gasteiger partial charge on any atom is -0.468 e. The number of nitrogens with one attached hydrogen (secondary N) is 1. The Bertz CT molecular complexity index is 988. The van der Waals surface area contributed by atoms with Crippen LogP contribution in [0.15, 0.2) is 53.4 Å². The lowest BCUT2D eigenvalue weighted by atomic mass is 10.1. The van der Waals surface area contributed by atoms with Crippen molar-refractivity contribution in [2.75, 3.05) is 51.8 Å². The normalized spacial score (nSPS) is 15.1. The third-order valence-corrected chi connectivity index (χ3v) is 5.17. The zero-order valence-electron chi connectivity index (χ0n) is 17.7. The van der Waals surface area contributed by atoms with Crippen LogP contribution in [0.2, 0.25) is 0 Å². The molecule has 9 heteroatoms. The first-order valence-corrected chi connectivity index (χ1v) is 10.2. The summed E-state index contributed by atoms with van der Waals surface area (Å²) in [6.45, 7) is 3.06. The summed E-state index contributed by atoms with van der Waals surface area (Å²) in [7, 11) is 3.89. The molecule has 1 atom stereocenters. The smallest absolute Gasteiger partial charge is 0.255 e. The van der Waals surface area contributed by atoms with Crippen molar-refractivity contribution in [1.82, 2.24) is 25.2 Å². The van der Waals surface area contributed by atoms with Crippen molar-refractivity contribution < 1.29 is 13.9 Å². The van der Waals surface area contributed by atoms with Gasteiger partial charge in [-0.15, -0.1) is 0 Å². The molecule has 1 N–H and O–H groups in total. The first-order valence-electron chi connectivity index (χ1n) is 10.2. The van der Waals surface area contributed by atoms with E-state index in [9.17, 15) is 4.79 Å². The Kier molecular flexibility index (Phi) is 6.54. The van der Waals surface area contributed by atoms with E-state index in [1.807, 2.05) is 49.3 Å². The fourth-order valence-electron chi connectivity index (χ4n) is 3.46. The van der Waals surface area contributed by atoms with Crippen LogP contribution < -0.4 is 10.2 Å². The van der Waals surface area contributed by atoms with Crippen LogP contribution in [0.25, 0.3) is 11.4 Å². The second-order valence-corrected chi connectivity index (χ2v) is 7.45. The molecule has 0 aliphatic carbocycles. The second-order valence-electron chi connectivity index (χ2n) is 7.45. The first kappa shape index (κ1) is 21.0. The molecule has 4 heterocycles. The van der Waals surface area contributed by atoms with Crippen molar-refractivity contribution in [3.63, 3.8) is 0 Å². The number of carbonyl (C=O) groups excluding carboxylic acids is 1. The van der Waals surface area contributed by atoms with Crippen molar-refractivity contribution in [3.05, 3.63) is 60.3 Å². The molecule has 1 aliphatic heterocycles. The van der Waals surface area contributed by atoms with E-state index >= 15 is 0 Å². The first-order chi connectivity index (χ1) is 15.1. The molecule has 3 aromatic rings. The summed E-state index contributed by atoms with van der Waals surface area (Å²) in [5, 5.41) is 3.00. The lowest BCUT2D eigenvalue weighted by Crippen LogP contribution is -2.38. The summed E-state index contributed by atoms with van der Waals surface area (Å²) >= 11 is 0. The Labute approximate surface area is 181 Å². The van der Waals surface area contributed by atoms with Gasteiger partial charge in [-0.25, -0.2) is 9.97 Å². The molecule has 0 aromatic carbocycles. The van der Waals surface area contributed by atoms with E-state index in [1.165, 1.54) is 0 Å². The lowest BCUT2D eigenvalue weighted by Gasteiger charge is -2.27. The van der Waals surface area contributed by atoms with E-state index in [2.05, 4.69) is 20.2 Å². The van der Waals surface area contributed by atoms with Crippen molar-refractivity contribution >= 4 is 11.9 Å². The lowest BCUT2D eigenvalue weighted by molar-refractivity contribution is 0.0939. The molecule has 1 saturated heterocycles. The molecule has 1 aliphatic rings. The minimum absolute atomic E-state index is 0.0919. The van der Waals surface area contributed by atoms with Crippen LogP contribution in [0.3, 0.4) is 0 Å². The molecule has 162 valence electrons. The number of amides is 1. The van der Waals surface area contributed by atoms with Gasteiger partial charge < -0.3 is 19.4 Å². The molecule has 3 aromatic heterocycles. The van der Waals surface area contributed by atoms with Gasteiger partial charge in [-0.1, -0.05) is 6.07 Å². The van der Waals surface area contributed by atoms with Crippen molar-refractivity contribution in [1.29, 1.82) is 0 Å². The Morgan fingerprint density at radius 2 is 2.03 bits per heavy atom. The molecule has 0 spiro atoms. The fourth-order valence-corrected chi connectivity index (χ4v) is 3.46. The van der Waals surface area contributed by atoms with E-state index in [-0.39, 0.29) is 11.9 Å². The second kappa shape index (κ2) is 9.67. The molecule has 31 heavy (non-hydrogen) atoms. The standard InChI is InChI=1S/C22H26N6O3/c1-27(2)18(19-7-5-11-31-19)15-24-21(29)16-14-25-22(28-9-12-30-13-10-28)26-20(16)17-6-3-4-8-23-17/h3-8,11,14,18H,9-10,12-13,15H2,1-2H3,(H,24,29). The molecule has 0 saturated carbocycles. The topological polar surface area (TPSA) is 96.6 Å². The number of hydrogen-bond donors (Lipinski definition) is 1. The zero-order valence-corrected chi connectivity index (χ0v) is 17.7. The van der Waals surface area contributed by atoms with Crippen LogP contribution in [0.5, 0.6) is 0 Å². The Morgan fingerprint density at radius 3 is 2.71 bits per heavy atom. The van der Waals surface area contributed by atoms with Crippen LogP contribution in [-0.2, 0) is 4.74 Å². The van der Waals surface area contributed by atoms with E-state index in [0.29, 0.717) is 55.7 Å². The minimum atomic E-state index is -0.257. The van der Waals surface area contributed by atoms with Gasteiger partial charge in [0.1, 0.15) is 11.5 Å². The highest BCUT2D eigenvalue weighted by atomic mass is 16.5. The van der Waals surface area contributed by atoms with Gasteiger partial charge in [-0.3, -0.25) is 14.7 Å².